The summed E-state index contributed by atoms with van der Waals surface area (Å²) in [6, 6.07) is 14.7. The highest BCUT2D eigenvalue weighted by Crippen LogP contribution is 2.22. The molecule has 0 aliphatic carbocycles. The van der Waals surface area contributed by atoms with Gasteiger partial charge in [-0.25, -0.2) is 4.79 Å². The fourth-order valence-corrected chi connectivity index (χ4v) is 3.95. The van der Waals surface area contributed by atoms with Crippen LogP contribution in [0.1, 0.15) is 22.4 Å². The van der Waals surface area contributed by atoms with Gasteiger partial charge in [-0.3, -0.25) is 14.3 Å². The molecule has 176 valence electrons. The minimum Gasteiger partial charge on any atom is -0.406 e. The van der Waals surface area contributed by atoms with Crippen molar-refractivity contribution in [3.8, 4) is 17.6 Å². The van der Waals surface area contributed by atoms with Crippen molar-refractivity contribution in [1.82, 2.24) is 14.0 Å². The quantitative estimate of drug-likeness (QED) is 0.552. The third-order valence-electron chi connectivity index (χ3n) is 5.63. The molecule has 1 aromatic heterocycles. The van der Waals surface area contributed by atoms with E-state index in [1.807, 2.05) is 35.2 Å². The molecular weight excluding hydrogens is 447 g/mol. The van der Waals surface area contributed by atoms with Crippen molar-refractivity contribution in [3.05, 3.63) is 97.8 Å². The number of alkyl halides is 3. The molecule has 0 radical (unpaired) electrons. The summed E-state index contributed by atoms with van der Waals surface area (Å²) in [4.78, 5) is 28.0. The minimum absolute atomic E-state index is 0.202. The molecule has 3 aromatic rings. The van der Waals surface area contributed by atoms with Gasteiger partial charge in [0.2, 0.25) is 0 Å². The van der Waals surface area contributed by atoms with Gasteiger partial charge < -0.3 is 9.30 Å². The largest absolute Gasteiger partial charge is 0.573 e. The number of nitrogens with zero attached hydrogens (tertiary/aromatic N) is 3. The van der Waals surface area contributed by atoms with E-state index in [4.69, 9.17) is 0 Å². The van der Waals surface area contributed by atoms with Crippen LogP contribution >= 0.6 is 0 Å². The molecule has 0 atom stereocenters. The predicted octanol–water partition coefficient (Wildman–Crippen LogP) is 2.90. The number of aromatic nitrogens is 2. The minimum atomic E-state index is -4.74. The van der Waals surface area contributed by atoms with Crippen molar-refractivity contribution in [1.29, 1.82) is 0 Å². The summed E-state index contributed by atoms with van der Waals surface area (Å²) < 4.78 is 43.5. The number of hydrogen-bond donors (Lipinski definition) is 0. The molecule has 0 bridgehead atoms. The smallest absolute Gasteiger partial charge is 0.406 e. The van der Waals surface area contributed by atoms with Crippen LogP contribution in [0, 0.1) is 11.8 Å². The molecular formula is C25H22F3N3O3. The summed E-state index contributed by atoms with van der Waals surface area (Å²) >= 11 is 0. The van der Waals surface area contributed by atoms with Crippen molar-refractivity contribution in [2.24, 2.45) is 7.05 Å². The van der Waals surface area contributed by atoms with E-state index < -0.39 is 6.36 Å². The highest BCUT2D eigenvalue weighted by Gasteiger charge is 2.31. The zero-order chi connectivity index (χ0) is 24.3. The van der Waals surface area contributed by atoms with Crippen LogP contribution < -0.4 is 16.0 Å². The molecule has 1 aliphatic rings. The molecule has 2 heterocycles. The van der Waals surface area contributed by atoms with Crippen LogP contribution in [-0.2, 0) is 26.6 Å². The van der Waals surface area contributed by atoms with Crippen molar-refractivity contribution in [2.75, 3.05) is 13.1 Å². The van der Waals surface area contributed by atoms with Crippen LogP contribution in [0.25, 0.3) is 0 Å². The Bertz CT molecular complexity index is 1350. The van der Waals surface area contributed by atoms with E-state index in [0.717, 1.165) is 11.3 Å². The molecule has 0 N–H and O–H groups in total. The zero-order valence-electron chi connectivity index (χ0n) is 18.4. The normalized spacial score (nSPS) is 13.6. The summed E-state index contributed by atoms with van der Waals surface area (Å²) in [7, 11) is 1.68. The predicted molar refractivity (Wildman–Crippen MR) is 120 cm³/mol. The van der Waals surface area contributed by atoms with Gasteiger partial charge in [0.1, 0.15) is 5.75 Å². The van der Waals surface area contributed by atoms with E-state index >= 15 is 0 Å². The van der Waals surface area contributed by atoms with Crippen molar-refractivity contribution >= 4 is 0 Å². The Balaban J connectivity index is 1.49. The zero-order valence-corrected chi connectivity index (χ0v) is 18.4. The second-order valence-electron chi connectivity index (χ2n) is 7.98. The molecule has 0 spiro atoms. The first-order chi connectivity index (χ1) is 16.2. The number of hydrogen-bond acceptors (Lipinski definition) is 4. The van der Waals surface area contributed by atoms with Gasteiger partial charge in [0, 0.05) is 37.8 Å². The maximum Gasteiger partial charge on any atom is 0.573 e. The molecule has 6 nitrogen and oxygen atoms in total. The van der Waals surface area contributed by atoms with E-state index in [1.165, 1.54) is 28.8 Å². The van der Waals surface area contributed by atoms with Crippen LogP contribution in [-0.4, -0.2) is 33.5 Å². The summed E-state index contributed by atoms with van der Waals surface area (Å²) in [6.07, 6.45) is -4.19. The van der Waals surface area contributed by atoms with Gasteiger partial charge in [-0.2, -0.15) is 0 Å². The van der Waals surface area contributed by atoms with Crippen molar-refractivity contribution in [2.45, 2.75) is 25.9 Å². The molecule has 2 aromatic carbocycles. The molecule has 0 amide bonds. The molecule has 1 aliphatic heterocycles. The van der Waals surface area contributed by atoms with Gasteiger partial charge in [0.05, 0.1) is 18.7 Å². The Hall–Kier alpha value is -3.77. The fraction of sp³-hybridized carbons (Fsp3) is 0.280. The highest BCUT2D eigenvalue weighted by molar-refractivity contribution is 5.38. The molecule has 0 unspecified atom stereocenters. The van der Waals surface area contributed by atoms with Crippen LogP contribution in [0.2, 0.25) is 0 Å². The molecule has 34 heavy (non-hydrogen) atoms. The van der Waals surface area contributed by atoms with Crippen LogP contribution in [0.4, 0.5) is 13.2 Å². The SMILES string of the molecule is Cn1c2c(c(=O)n(Cc3ccccc3)c1=O)CN(CC#Cc1ccc(OC(F)(F)F)cc1)CC2. The van der Waals surface area contributed by atoms with E-state index in [2.05, 4.69) is 16.6 Å². The summed E-state index contributed by atoms with van der Waals surface area (Å²) in [5.74, 6) is 5.62. The van der Waals surface area contributed by atoms with Gasteiger partial charge in [-0.05, 0) is 29.8 Å². The van der Waals surface area contributed by atoms with Crippen LogP contribution in [0.5, 0.6) is 5.75 Å². The summed E-state index contributed by atoms with van der Waals surface area (Å²) in [6.45, 7) is 1.58. The topological polar surface area (TPSA) is 56.5 Å². The van der Waals surface area contributed by atoms with Gasteiger partial charge >= 0.3 is 12.1 Å². The number of rotatable bonds is 4. The average Bonchev–Trinajstić information content (AvgIpc) is 2.81. The van der Waals surface area contributed by atoms with Crippen molar-refractivity contribution < 1.29 is 17.9 Å². The molecule has 0 saturated heterocycles. The number of benzene rings is 2. The second kappa shape index (κ2) is 9.61. The number of ether oxygens (including phenoxy) is 1. The molecule has 0 saturated carbocycles. The maximum atomic E-state index is 13.2. The summed E-state index contributed by atoms with van der Waals surface area (Å²) in [5.41, 5.74) is 2.12. The molecule has 0 fully saturated rings. The van der Waals surface area contributed by atoms with Crippen molar-refractivity contribution in [3.63, 3.8) is 0 Å². The first-order valence-corrected chi connectivity index (χ1v) is 10.6. The Morgan fingerprint density at radius 3 is 2.41 bits per heavy atom. The Labute approximate surface area is 193 Å². The van der Waals surface area contributed by atoms with E-state index in [-0.39, 0.29) is 23.5 Å². The monoisotopic (exact) mass is 469 g/mol. The lowest BCUT2D eigenvalue weighted by Crippen LogP contribution is -2.47. The first kappa shape index (κ1) is 23.4. The standard InChI is InChI=1S/C25H22F3N3O3/c1-29-22-13-15-30(14-5-8-18-9-11-20(12-10-18)34-25(26,27)28)17-21(22)23(32)31(24(29)33)16-19-6-3-2-4-7-19/h2-4,6-7,9-12H,13-17H2,1H3. The molecule has 4 rings (SSSR count). The van der Waals surface area contributed by atoms with E-state index in [1.54, 1.807) is 11.6 Å². The fourth-order valence-electron chi connectivity index (χ4n) is 3.95. The maximum absolute atomic E-state index is 13.2. The highest BCUT2D eigenvalue weighted by atomic mass is 19.4. The Kier molecular flexibility index (Phi) is 6.61. The average molecular weight is 469 g/mol. The van der Waals surface area contributed by atoms with Gasteiger partial charge in [0.25, 0.3) is 5.56 Å². The van der Waals surface area contributed by atoms with Gasteiger partial charge in [-0.1, -0.05) is 42.2 Å². The number of halogens is 3. The van der Waals surface area contributed by atoms with Gasteiger partial charge in [-0.15, -0.1) is 13.2 Å². The third kappa shape index (κ3) is 5.41. The lowest BCUT2D eigenvalue weighted by molar-refractivity contribution is -0.274. The Morgan fingerprint density at radius 2 is 1.74 bits per heavy atom. The van der Waals surface area contributed by atoms with E-state index in [0.29, 0.717) is 37.2 Å². The number of fused-ring (bicyclic) bond motifs is 1. The van der Waals surface area contributed by atoms with Crippen LogP contribution in [0.15, 0.2) is 64.2 Å². The lowest BCUT2D eigenvalue weighted by atomic mass is 10.1. The van der Waals surface area contributed by atoms with E-state index in [9.17, 15) is 22.8 Å². The lowest BCUT2D eigenvalue weighted by Gasteiger charge is -2.28. The molecule has 9 heteroatoms. The van der Waals surface area contributed by atoms with Crippen LogP contribution in [0.3, 0.4) is 0 Å². The second-order valence-corrected chi connectivity index (χ2v) is 7.98. The summed E-state index contributed by atoms with van der Waals surface area (Å²) in [5, 5.41) is 0. The first-order valence-electron chi connectivity index (χ1n) is 10.6. The van der Waals surface area contributed by atoms with Gasteiger partial charge in [0.15, 0.2) is 0 Å². The Morgan fingerprint density at radius 1 is 1.03 bits per heavy atom. The third-order valence-corrected chi connectivity index (χ3v) is 5.63.